The number of hydrogen-bond donors (Lipinski definition) is 2. The Morgan fingerprint density at radius 2 is 2.06 bits per heavy atom. The molecule has 5 heteroatoms. The molecule has 2 heterocycles. The first-order chi connectivity index (χ1) is 7.86. The van der Waals surface area contributed by atoms with Crippen LogP contribution in [0.5, 0.6) is 0 Å². The van der Waals surface area contributed by atoms with Crippen LogP contribution in [0.1, 0.15) is 12.8 Å². The molecular weight excluding hydrogens is 208 g/mol. The maximum atomic E-state index is 11.8. The highest BCUT2D eigenvalue weighted by Gasteiger charge is 2.22. The van der Waals surface area contributed by atoms with Gasteiger partial charge in [-0.3, -0.25) is 4.79 Å². The van der Waals surface area contributed by atoms with Crippen molar-refractivity contribution in [1.29, 1.82) is 0 Å². The standard InChI is InChI=1S/C11H20N2O3/c14-11(9-1-4-15-5-2-9)13-7-10-8-16-6-3-12-10/h9-10,12H,1-8H2,(H,13,14). The van der Waals surface area contributed by atoms with Crippen molar-refractivity contribution in [2.45, 2.75) is 18.9 Å². The summed E-state index contributed by atoms with van der Waals surface area (Å²) in [5.41, 5.74) is 0. The molecule has 2 saturated heterocycles. The second-order valence-corrected chi connectivity index (χ2v) is 4.36. The van der Waals surface area contributed by atoms with Crippen LogP contribution in [0.3, 0.4) is 0 Å². The van der Waals surface area contributed by atoms with Gasteiger partial charge in [-0.15, -0.1) is 0 Å². The Balaban J connectivity index is 1.65. The highest BCUT2D eigenvalue weighted by Crippen LogP contribution is 2.14. The van der Waals surface area contributed by atoms with E-state index in [1.807, 2.05) is 0 Å². The van der Waals surface area contributed by atoms with Crippen LogP contribution in [0, 0.1) is 5.92 Å². The second kappa shape index (κ2) is 6.18. The second-order valence-electron chi connectivity index (χ2n) is 4.36. The topological polar surface area (TPSA) is 59.6 Å². The number of carbonyl (C=O) groups excluding carboxylic acids is 1. The van der Waals surface area contributed by atoms with Crippen LogP contribution < -0.4 is 10.6 Å². The fourth-order valence-electron chi connectivity index (χ4n) is 2.08. The zero-order chi connectivity index (χ0) is 11.2. The molecule has 1 unspecified atom stereocenters. The fourth-order valence-corrected chi connectivity index (χ4v) is 2.08. The van der Waals surface area contributed by atoms with E-state index in [1.54, 1.807) is 0 Å². The number of nitrogens with one attached hydrogen (secondary N) is 2. The molecule has 0 aliphatic carbocycles. The number of ether oxygens (including phenoxy) is 2. The minimum Gasteiger partial charge on any atom is -0.381 e. The predicted octanol–water partition coefficient (Wildman–Crippen LogP) is -0.482. The van der Waals surface area contributed by atoms with Crippen LogP contribution in [0.4, 0.5) is 0 Å². The van der Waals surface area contributed by atoms with E-state index in [2.05, 4.69) is 10.6 Å². The van der Waals surface area contributed by atoms with Crippen molar-refractivity contribution in [3.8, 4) is 0 Å². The Bertz CT molecular complexity index is 223. The average molecular weight is 228 g/mol. The maximum Gasteiger partial charge on any atom is 0.223 e. The van der Waals surface area contributed by atoms with Gasteiger partial charge in [-0.25, -0.2) is 0 Å². The van der Waals surface area contributed by atoms with Gasteiger partial charge in [0.25, 0.3) is 0 Å². The summed E-state index contributed by atoms with van der Waals surface area (Å²) in [7, 11) is 0. The van der Waals surface area contributed by atoms with E-state index in [9.17, 15) is 4.79 Å². The van der Waals surface area contributed by atoms with Crippen LogP contribution in [-0.2, 0) is 14.3 Å². The van der Waals surface area contributed by atoms with Gasteiger partial charge < -0.3 is 20.1 Å². The zero-order valence-electron chi connectivity index (χ0n) is 9.54. The van der Waals surface area contributed by atoms with E-state index in [-0.39, 0.29) is 17.9 Å². The van der Waals surface area contributed by atoms with Gasteiger partial charge in [0.15, 0.2) is 0 Å². The van der Waals surface area contributed by atoms with Crippen molar-refractivity contribution in [3.63, 3.8) is 0 Å². The van der Waals surface area contributed by atoms with E-state index in [4.69, 9.17) is 9.47 Å². The highest BCUT2D eigenvalue weighted by molar-refractivity contribution is 5.78. The predicted molar refractivity (Wildman–Crippen MR) is 59.2 cm³/mol. The summed E-state index contributed by atoms with van der Waals surface area (Å²) < 4.78 is 10.6. The molecule has 0 saturated carbocycles. The largest absolute Gasteiger partial charge is 0.381 e. The Labute approximate surface area is 95.9 Å². The number of amides is 1. The molecule has 2 N–H and O–H groups in total. The summed E-state index contributed by atoms with van der Waals surface area (Å²) >= 11 is 0. The highest BCUT2D eigenvalue weighted by atomic mass is 16.5. The molecular formula is C11H20N2O3. The quantitative estimate of drug-likeness (QED) is 0.685. The van der Waals surface area contributed by atoms with Crippen LogP contribution in [0.2, 0.25) is 0 Å². The molecule has 0 aromatic heterocycles. The summed E-state index contributed by atoms with van der Waals surface area (Å²) in [6.45, 7) is 4.41. The van der Waals surface area contributed by atoms with E-state index >= 15 is 0 Å². The number of carbonyl (C=O) groups is 1. The molecule has 5 nitrogen and oxygen atoms in total. The van der Waals surface area contributed by atoms with E-state index in [1.165, 1.54) is 0 Å². The van der Waals surface area contributed by atoms with Gasteiger partial charge in [0.1, 0.15) is 0 Å². The van der Waals surface area contributed by atoms with Crippen molar-refractivity contribution in [3.05, 3.63) is 0 Å². The minimum absolute atomic E-state index is 0.137. The normalized spacial score (nSPS) is 27.6. The third kappa shape index (κ3) is 3.43. The lowest BCUT2D eigenvalue weighted by atomic mass is 9.99. The smallest absolute Gasteiger partial charge is 0.223 e. The SMILES string of the molecule is O=C(NCC1COCCN1)C1CCOCC1. The van der Waals surface area contributed by atoms with Crippen molar-refractivity contribution < 1.29 is 14.3 Å². The van der Waals surface area contributed by atoms with E-state index in [0.29, 0.717) is 26.4 Å². The number of rotatable bonds is 3. The van der Waals surface area contributed by atoms with Gasteiger partial charge in [0.2, 0.25) is 5.91 Å². The fraction of sp³-hybridized carbons (Fsp3) is 0.909. The molecule has 2 fully saturated rings. The Hall–Kier alpha value is -0.650. The summed E-state index contributed by atoms with van der Waals surface area (Å²) in [5, 5.41) is 6.30. The molecule has 0 radical (unpaired) electrons. The first-order valence-electron chi connectivity index (χ1n) is 6.03. The van der Waals surface area contributed by atoms with Gasteiger partial charge in [-0.05, 0) is 12.8 Å². The Morgan fingerprint density at radius 1 is 1.25 bits per heavy atom. The third-order valence-electron chi connectivity index (χ3n) is 3.11. The number of morpholine rings is 1. The van der Waals surface area contributed by atoms with Gasteiger partial charge in [0, 0.05) is 38.3 Å². The molecule has 1 atom stereocenters. The van der Waals surface area contributed by atoms with Gasteiger partial charge >= 0.3 is 0 Å². The summed E-state index contributed by atoms with van der Waals surface area (Å²) in [6.07, 6.45) is 1.70. The number of hydrogen-bond acceptors (Lipinski definition) is 4. The van der Waals surface area contributed by atoms with Gasteiger partial charge in [-0.1, -0.05) is 0 Å². The van der Waals surface area contributed by atoms with Crippen LogP contribution >= 0.6 is 0 Å². The van der Waals surface area contributed by atoms with Crippen molar-refractivity contribution in [1.82, 2.24) is 10.6 Å². The lowest BCUT2D eigenvalue weighted by Gasteiger charge is -2.26. The van der Waals surface area contributed by atoms with Crippen molar-refractivity contribution in [2.75, 3.05) is 39.5 Å². The summed E-state index contributed by atoms with van der Waals surface area (Å²) in [6, 6.07) is 0.262. The maximum absolute atomic E-state index is 11.8. The molecule has 2 aliphatic rings. The minimum atomic E-state index is 0.137. The molecule has 0 aromatic rings. The summed E-state index contributed by atoms with van der Waals surface area (Å²) in [5.74, 6) is 0.300. The lowest BCUT2D eigenvalue weighted by molar-refractivity contribution is -0.128. The van der Waals surface area contributed by atoms with Crippen LogP contribution in [-0.4, -0.2) is 51.5 Å². The molecule has 0 aromatic carbocycles. The van der Waals surface area contributed by atoms with Gasteiger partial charge in [-0.2, -0.15) is 0 Å². The van der Waals surface area contributed by atoms with Crippen molar-refractivity contribution >= 4 is 5.91 Å². The molecule has 0 bridgehead atoms. The molecule has 2 rings (SSSR count). The van der Waals surface area contributed by atoms with Crippen LogP contribution in [0.25, 0.3) is 0 Å². The lowest BCUT2D eigenvalue weighted by Crippen LogP contribution is -2.49. The van der Waals surface area contributed by atoms with Gasteiger partial charge in [0.05, 0.1) is 13.2 Å². The van der Waals surface area contributed by atoms with Crippen molar-refractivity contribution in [2.24, 2.45) is 5.92 Å². The van der Waals surface area contributed by atoms with Crippen LogP contribution in [0.15, 0.2) is 0 Å². The molecule has 2 aliphatic heterocycles. The first kappa shape index (κ1) is 11.8. The molecule has 1 amide bonds. The molecule has 0 spiro atoms. The Kier molecular flexibility index (Phi) is 4.56. The monoisotopic (exact) mass is 228 g/mol. The molecule has 16 heavy (non-hydrogen) atoms. The third-order valence-corrected chi connectivity index (χ3v) is 3.11. The first-order valence-corrected chi connectivity index (χ1v) is 6.03. The average Bonchev–Trinajstić information content (AvgIpc) is 2.38. The Morgan fingerprint density at radius 3 is 2.75 bits per heavy atom. The summed E-state index contributed by atoms with van der Waals surface area (Å²) in [4.78, 5) is 11.8. The molecule has 92 valence electrons. The van der Waals surface area contributed by atoms with E-state index < -0.39 is 0 Å². The zero-order valence-corrected chi connectivity index (χ0v) is 9.54. The van der Waals surface area contributed by atoms with E-state index in [0.717, 1.165) is 26.0 Å².